The largest absolute Gasteiger partial charge is 0.454 e. The molecule has 0 radical (unpaired) electrons. The maximum atomic E-state index is 12.6. The average molecular weight is 356 g/mol. The maximum absolute atomic E-state index is 12.6. The number of aromatic nitrogens is 1. The Kier molecular flexibility index (Phi) is 3.66. The average Bonchev–Trinajstić information content (AvgIpc) is 3.21. The molecular formula is C19H14ClNO2S. The van der Waals surface area contributed by atoms with Crippen molar-refractivity contribution in [1.29, 1.82) is 0 Å². The molecule has 1 aliphatic rings. The van der Waals surface area contributed by atoms with Crippen molar-refractivity contribution >= 4 is 51.6 Å². The van der Waals surface area contributed by atoms with E-state index in [4.69, 9.17) is 9.40 Å². The van der Waals surface area contributed by atoms with Crippen molar-refractivity contribution in [2.75, 3.05) is 0 Å². The quantitative estimate of drug-likeness (QED) is 0.443. The Hall–Kier alpha value is -2.17. The molecule has 0 amide bonds. The predicted molar refractivity (Wildman–Crippen MR) is 99.3 cm³/mol. The van der Waals surface area contributed by atoms with Gasteiger partial charge in [-0.2, -0.15) is 0 Å². The number of fused-ring (bicyclic) bond motifs is 4. The molecule has 0 saturated carbocycles. The van der Waals surface area contributed by atoms with E-state index in [9.17, 15) is 4.79 Å². The Bertz CT molecular complexity index is 1070. The van der Waals surface area contributed by atoms with Crippen LogP contribution in [0.15, 0.2) is 46.2 Å². The molecule has 120 valence electrons. The summed E-state index contributed by atoms with van der Waals surface area (Å²) in [5.41, 5.74) is 5.05. The Morgan fingerprint density at radius 3 is 2.75 bits per heavy atom. The molecule has 3 heterocycles. The number of Topliss-reactive ketones (excluding diaryl/α,β-unsaturated/α-hetero) is 1. The summed E-state index contributed by atoms with van der Waals surface area (Å²) in [4.78, 5) is 18.5. The van der Waals surface area contributed by atoms with Crippen LogP contribution < -0.4 is 0 Å². The molecule has 24 heavy (non-hydrogen) atoms. The van der Waals surface area contributed by atoms with E-state index in [0.29, 0.717) is 6.42 Å². The van der Waals surface area contributed by atoms with Gasteiger partial charge in [-0.25, -0.2) is 4.98 Å². The van der Waals surface area contributed by atoms with Gasteiger partial charge in [-0.15, -0.1) is 23.7 Å². The summed E-state index contributed by atoms with van der Waals surface area (Å²) >= 11 is 1.64. The number of pyridine rings is 1. The van der Waals surface area contributed by atoms with Crippen LogP contribution in [-0.2, 0) is 6.42 Å². The molecule has 3 nitrogen and oxygen atoms in total. The van der Waals surface area contributed by atoms with Crippen LogP contribution in [0.3, 0.4) is 0 Å². The molecule has 5 rings (SSSR count). The lowest BCUT2D eigenvalue weighted by Gasteiger charge is -2.17. The summed E-state index contributed by atoms with van der Waals surface area (Å²) < 4.78 is 6.11. The first-order chi connectivity index (χ1) is 11.3. The third-order valence-electron chi connectivity index (χ3n) is 4.45. The third kappa shape index (κ3) is 2.10. The smallest absolute Gasteiger partial charge is 0.165 e. The first-order valence-corrected chi connectivity index (χ1v) is 8.62. The fourth-order valence-electron chi connectivity index (χ4n) is 3.44. The molecule has 3 aromatic heterocycles. The standard InChI is InChI=1S/C19H13NO2S.ClH/c21-13-7-3-6-12-16(13)17(15-9-4-10-23-15)19-18(20-12)11-5-1-2-8-14(11)22-19;/h1-2,4-5,8-10H,3,6-7H2;1H. The Balaban J connectivity index is 0.00000146. The maximum Gasteiger partial charge on any atom is 0.165 e. The number of hydrogen-bond donors (Lipinski definition) is 0. The van der Waals surface area contributed by atoms with Crippen LogP contribution in [0.4, 0.5) is 0 Å². The molecule has 1 aliphatic carbocycles. The molecule has 0 spiro atoms. The van der Waals surface area contributed by atoms with Gasteiger partial charge in [0.05, 0.1) is 11.3 Å². The van der Waals surface area contributed by atoms with E-state index >= 15 is 0 Å². The number of benzene rings is 1. The van der Waals surface area contributed by atoms with E-state index in [2.05, 4.69) is 6.07 Å². The van der Waals surface area contributed by atoms with E-state index in [0.717, 1.165) is 56.6 Å². The number of carbonyl (C=O) groups is 1. The van der Waals surface area contributed by atoms with Crippen LogP contribution in [0.1, 0.15) is 28.9 Å². The van der Waals surface area contributed by atoms with Crippen LogP contribution in [0.25, 0.3) is 32.5 Å². The molecule has 1 aromatic carbocycles. The van der Waals surface area contributed by atoms with E-state index in [1.54, 1.807) is 11.3 Å². The normalized spacial score (nSPS) is 13.9. The van der Waals surface area contributed by atoms with Crippen molar-refractivity contribution in [2.24, 2.45) is 0 Å². The lowest BCUT2D eigenvalue weighted by molar-refractivity contribution is 0.0972. The summed E-state index contributed by atoms with van der Waals surface area (Å²) in [5.74, 6) is 0.185. The summed E-state index contributed by atoms with van der Waals surface area (Å²) in [6.07, 6.45) is 2.33. The van der Waals surface area contributed by atoms with Crippen molar-refractivity contribution in [3.05, 3.63) is 53.0 Å². The second-order valence-corrected chi connectivity index (χ2v) is 6.79. The minimum atomic E-state index is 0. The van der Waals surface area contributed by atoms with E-state index in [1.807, 2.05) is 35.7 Å². The Labute approximate surface area is 148 Å². The Morgan fingerprint density at radius 2 is 1.92 bits per heavy atom. The zero-order valence-corrected chi connectivity index (χ0v) is 14.4. The van der Waals surface area contributed by atoms with Gasteiger partial charge in [0.25, 0.3) is 0 Å². The summed E-state index contributed by atoms with van der Waals surface area (Å²) in [6.45, 7) is 0. The van der Waals surface area contributed by atoms with Gasteiger partial charge in [0.15, 0.2) is 11.4 Å². The molecule has 0 atom stereocenters. The Morgan fingerprint density at radius 1 is 1.04 bits per heavy atom. The minimum absolute atomic E-state index is 0. The van der Waals surface area contributed by atoms with Crippen molar-refractivity contribution in [3.63, 3.8) is 0 Å². The number of nitrogens with zero attached hydrogens (tertiary/aromatic N) is 1. The molecule has 0 bridgehead atoms. The lowest BCUT2D eigenvalue weighted by atomic mass is 9.90. The fourth-order valence-corrected chi connectivity index (χ4v) is 4.21. The van der Waals surface area contributed by atoms with Gasteiger partial charge in [0.1, 0.15) is 11.1 Å². The van der Waals surface area contributed by atoms with Crippen LogP contribution in [0.5, 0.6) is 0 Å². The van der Waals surface area contributed by atoms with Crippen molar-refractivity contribution in [1.82, 2.24) is 4.98 Å². The molecule has 0 aliphatic heterocycles. The van der Waals surface area contributed by atoms with Crippen LogP contribution in [-0.4, -0.2) is 10.8 Å². The van der Waals surface area contributed by atoms with Crippen LogP contribution >= 0.6 is 23.7 Å². The predicted octanol–water partition coefficient (Wildman–Crippen LogP) is 5.65. The zero-order chi connectivity index (χ0) is 15.4. The van der Waals surface area contributed by atoms with Gasteiger partial charge >= 0.3 is 0 Å². The highest BCUT2D eigenvalue weighted by molar-refractivity contribution is 7.13. The zero-order valence-electron chi connectivity index (χ0n) is 12.7. The van der Waals surface area contributed by atoms with E-state index in [1.165, 1.54) is 0 Å². The number of hydrogen-bond acceptors (Lipinski definition) is 4. The SMILES string of the molecule is Cl.O=C1CCCc2nc3c(oc4ccccc43)c(-c3cccs3)c21. The molecule has 0 saturated heterocycles. The number of carbonyl (C=O) groups excluding carboxylic acids is 1. The molecule has 0 unspecified atom stereocenters. The summed E-state index contributed by atoms with van der Waals surface area (Å²) in [6, 6.07) is 12.0. The molecule has 5 heteroatoms. The van der Waals surface area contributed by atoms with Gasteiger partial charge < -0.3 is 4.42 Å². The van der Waals surface area contributed by atoms with Crippen LogP contribution in [0.2, 0.25) is 0 Å². The van der Waals surface area contributed by atoms with Gasteiger partial charge in [-0.3, -0.25) is 4.79 Å². The van der Waals surface area contributed by atoms with Crippen molar-refractivity contribution in [2.45, 2.75) is 19.3 Å². The molecule has 0 fully saturated rings. The second kappa shape index (κ2) is 5.72. The van der Waals surface area contributed by atoms with Gasteiger partial charge in [0.2, 0.25) is 0 Å². The number of rotatable bonds is 1. The lowest BCUT2D eigenvalue weighted by Crippen LogP contribution is -2.14. The molecule has 0 N–H and O–H groups in total. The van der Waals surface area contributed by atoms with E-state index in [-0.39, 0.29) is 18.2 Å². The fraction of sp³-hybridized carbons (Fsp3) is 0.158. The summed E-state index contributed by atoms with van der Waals surface area (Å²) in [5, 5.41) is 3.05. The highest BCUT2D eigenvalue weighted by Crippen LogP contribution is 2.41. The first kappa shape index (κ1) is 15.4. The topological polar surface area (TPSA) is 43.1 Å². The first-order valence-electron chi connectivity index (χ1n) is 7.74. The highest BCUT2D eigenvalue weighted by Gasteiger charge is 2.28. The van der Waals surface area contributed by atoms with Crippen molar-refractivity contribution in [3.8, 4) is 10.4 Å². The monoisotopic (exact) mass is 355 g/mol. The molecular weight excluding hydrogens is 342 g/mol. The minimum Gasteiger partial charge on any atom is -0.454 e. The second-order valence-electron chi connectivity index (χ2n) is 5.84. The third-order valence-corrected chi connectivity index (χ3v) is 5.33. The summed E-state index contributed by atoms with van der Waals surface area (Å²) in [7, 11) is 0. The van der Waals surface area contributed by atoms with Crippen LogP contribution in [0, 0.1) is 0 Å². The van der Waals surface area contributed by atoms with Crippen molar-refractivity contribution < 1.29 is 9.21 Å². The van der Waals surface area contributed by atoms with Gasteiger partial charge in [-0.05, 0) is 36.4 Å². The highest BCUT2D eigenvalue weighted by atomic mass is 35.5. The molecule has 4 aromatic rings. The van der Waals surface area contributed by atoms with Gasteiger partial charge in [-0.1, -0.05) is 18.2 Å². The number of furan rings is 1. The number of thiophene rings is 1. The van der Waals surface area contributed by atoms with Gasteiger partial charge in [0, 0.05) is 22.2 Å². The number of aryl methyl sites for hydroxylation is 1. The van der Waals surface area contributed by atoms with E-state index < -0.39 is 0 Å². The number of ketones is 1. The number of halogens is 1. The number of para-hydroxylation sites is 1.